The molecule has 4 nitrogen and oxygen atoms in total. The number of fused-ring (bicyclic) bond motifs is 1. The fourth-order valence-corrected chi connectivity index (χ4v) is 8.46. The van der Waals surface area contributed by atoms with Gasteiger partial charge in [0.1, 0.15) is 0 Å². The third kappa shape index (κ3) is 6.08. The van der Waals surface area contributed by atoms with Gasteiger partial charge in [0, 0.05) is 32.8 Å². The minimum absolute atomic E-state index is 0.0218. The van der Waals surface area contributed by atoms with E-state index >= 15 is 0 Å². The summed E-state index contributed by atoms with van der Waals surface area (Å²) in [6.07, 6.45) is 8.79. The summed E-state index contributed by atoms with van der Waals surface area (Å²) in [6.45, 7) is 10.1. The monoisotopic (exact) mass is 680 g/mol. The predicted octanol–water partition coefficient (Wildman–Crippen LogP) is 9.57. The fourth-order valence-electron chi connectivity index (χ4n) is 5.48. The van der Waals surface area contributed by atoms with Gasteiger partial charge in [-0.25, -0.2) is 0 Å². The van der Waals surface area contributed by atoms with Gasteiger partial charge in [0.05, 0.1) is 32.3 Å². The van der Waals surface area contributed by atoms with Crippen LogP contribution >= 0.6 is 54.5 Å². The maximum atomic E-state index is 14.3. The van der Waals surface area contributed by atoms with Crippen LogP contribution in [0, 0.1) is 11.8 Å². The van der Waals surface area contributed by atoms with Crippen LogP contribution in [0.15, 0.2) is 43.0 Å². The summed E-state index contributed by atoms with van der Waals surface area (Å²) in [5.74, 6) is 0.765. The average molecular weight is 683 g/mol. The van der Waals surface area contributed by atoms with Gasteiger partial charge in [-0.1, -0.05) is 66.2 Å². The van der Waals surface area contributed by atoms with Crippen LogP contribution in [0.25, 0.3) is 11.4 Å². The van der Waals surface area contributed by atoms with Crippen molar-refractivity contribution in [2.24, 2.45) is 11.8 Å². The Balaban J connectivity index is 1.86. The van der Waals surface area contributed by atoms with E-state index in [9.17, 15) is 9.59 Å². The molecule has 2 atom stereocenters. The van der Waals surface area contributed by atoms with Crippen molar-refractivity contribution in [2.75, 3.05) is 13.1 Å². The standard InChI is InChI=1S/C30H38Br2N2O2S2/c1-5-9-11-19(7-3)15-33-27(23-13-21(31)17-37-23)25-26(29(33)35)28(24-14-22(32)18-38-24)34(30(25)36)16-20(8-4)12-10-6-2/h13-14,17-20H,5-12,15-16H2,1-4H3. The van der Waals surface area contributed by atoms with Gasteiger partial charge in [-0.2, -0.15) is 0 Å². The van der Waals surface area contributed by atoms with Crippen LogP contribution in [0.1, 0.15) is 88.8 Å². The summed E-state index contributed by atoms with van der Waals surface area (Å²) in [4.78, 5) is 34.5. The molecule has 2 aromatic rings. The predicted molar refractivity (Wildman–Crippen MR) is 168 cm³/mol. The van der Waals surface area contributed by atoms with Crippen LogP contribution in [0.3, 0.4) is 0 Å². The molecule has 0 radical (unpaired) electrons. The first-order valence-corrected chi connectivity index (χ1v) is 17.3. The van der Waals surface area contributed by atoms with Crippen molar-refractivity contribution < 1.29 is 9.59 Å². The molecule has 2 aliphatic rings. The van der Waals surface area contributed by atoms with E-state index < -0.39 is 0 Å². The highest BCUT2D eigenvalue weighted by Gasteiger charge is 2.49. The van der Waals surface area contributed by atoms with Crippen molar-refractivity contribution in [3.05, 3.63) is 52.7 Å². The number of thiophene rings is 2. The number of amides is 2. The van der Waals surface area contributed by atoms with Crippen molar-refractivity contribution >= 4 is 77.7 Å². The highest BCUT2D eigenvalue weighted by atomic mass is 79.9. The molecule has 2 aliphatic heterocycles. The molecule has 2 amide bonds. The van der Waals surface area contributed by atoms with Gasteiger partial charge in [-0.3, -0.25) is 9.59 Å². The van der Waals surface area contributed by atoms with Crippen molar-refractivity contribution in [1.82, 2.24) is 9.80 Å². The minimum Gasteiger partial charge on any atom is -0.306 e. The number of halogens is 2. The van der Waals surface area contributed by atoms with Gasteiger partial charge in [-0.15, -0.1) is 22.7 Å². The molecule has 0 aliphatic carbocycles. The Labute approximate surface area is 252 Å². The van der Waals surface area contributed by atoms with Crippen molar-refractivity contribution in [1.29, 1.82) is 0 Å². The second-order valence-corrected chi connectivity index (χ2v) is 14.0. The van der Waals surface area contributed by atoms with Gasteiger partial charge < -0.3 is 9.80 Å². The van der Waals surface area contributed by atoms with Crippen LogP contribution in [-0.2, 0) is 9.59 Å². The van der Waals surface area contributed by atoms with E-state index in [0.29, 0.717) is 36.1 Å². The molecule has 0 aromatic carbocycles. The molecule has 2 aromatic heterocycles. The summed E-state index contributed by atoms with van der Waals surface area (Å²) in [7, 11) is 0. The highest BCUT2D eigenvalue weighted by Crippen LogP contribution is 2.49. The van der Waals surface area contributed by atoms with Crippen molar-refractivity contribution in [3.63, 3.8) is 0 Å². The number of carbonyl (C=O) groups is 2. The van der Waals surface area contributed by atoms with Gasteiger partial charge in [0.25, 0.3) is 11.8 Å². The van der Waals surface area contributed by atoms with E-state index in [0.717, 1.165) is 81.5 Å². The molecule has 8 heteroatoms. The Bertz CT molecular complexity index is 1130. The molecule has 4 rings (SSSR count). The Morgan fingerprint density at radius 1 is 0.711 bits per heavy atom. The van der Waals surface area contributed by atoms with Gasteiger partial charge >= 0.3 is 0 Å². The smallest absolute Gasteiger partial charge is 0.261 e. The first-order chi connectivity index (χ1) is 18.3. The topological polar surface area (TPSA) is 40.6 Å². The van der Waals surface area contributed by atoms with Gasteiger partial charge in [0.2, 0.25) is 0 Å². The van der Waals surface area contributed by atoms with Gasteiger partial charge in [0.15, 0.2) is 0 Å². The molecule has 0 saturated heterocycles. The zero-order valence-electron chi connectivity index (χ0n) is 22.8. The molecule has 0 fully saturated rings. The number of hydrogen-bond donors (Lipinski definition) is 0. The molecule has 0 saturated carbocycles. The third-order valence-electron chi connectivity index (χ3n) is 7.75. The number of unbranched alkanes of at least 4 members (excludes halogenated alkanes) is 2. The van der Waals surface area contributed by atoms with Crippen molar-refractivity contribution in [2.45, 2.75) is 79.1 Å². The Hall–Kier alpha value is -1.22. The normalized spacial score (nSPS) is 17.3. The zero-order chi connectivity index (χ0) is 27.4. The molecule has 4 heterocycles. The fraction of sp³-hybridized carbons (Fsp3) is 0.533. The SMILES string of the molecule is CCCCC(CC)CN1C(=O)C2=C(c3cc(Br)cs3)N(CC(CC)CCCC)C(=O)C2=C1c1cc(Br)cs1. The second kappa shape index (κ2) is 13.4. The van der Waals surface area contributed by atoms with Crippen LogP contribution in [0.2, 0.25) is 0 Å². The number of hydrogen-bond acceptors (Lipinski definition) is 4. The van der Waals surface area contributed by atoms with E-state index in [1.165, 1.54) is 0 Å². The number of nitrogens with zero attached hydrogens (tertiary/aromatic N) is 2. The number of carbonyl (C=O) groups excluding carboxylic acids is 2. The van der Waals surface area contributed by atoms with Crippen LogP contribution in [0.5, 0.6) is 0 Å². The van der Waals surface area contributed by atoms with E-state index in [1.807, 2.05) is 20.6 Å². The van der Waals surface area contributed by atoms with E-state index in [4.69, 9.17) is 0 Å². The summed E-state index contributed by atoms with van der Waals surface area (Å²) in [5.41, 5.74) is 2.80. The molecule has 0 bridgehead atoms. The molecule has 206 valence electrons. The maximum absolute atomic E-state index is 14.3. The minimum atomic E-state index is -0.0218. The Kier molecular flexibility index (Phi) is 10.5. The lowest BCUT2D eigenvalue weighted by molar-refractivity contribution is -0.124. The van der Waals surface area contributed by atoms with Crippen LogP contribution in [0.4, 0.5) is 0 Å². The Morgan fingerprint density at radius 2 is 1.11 bits per heavy atom. The largest absolute Gasteiger partial charge is 0.306 e. The first kappa shape index (κ1) is 29.8. The molecule has 0 spiro atoms. The number of rotatable bonds is 14. The maximum Gasteiger partial charge on any atom is 0.261 e. The summed E-state index contributed by atoms with van der Waals surface area (Å²) in [5, 5.41) is 4.07. The second-order valence-electron chi connectivity index (χ2n) is 10.4. The lowest BCUT2D eigenvalue weighted by Gasteiger charge is -2.29. The first-order valence-electron chi connectivity index (χ1n) is 14.0. The van der Waals surface area contributed by atoms with Crippen LogP contribution in [-0.4, -0.2) is 34.7 Å². The average Bonchev–Trinajstić information content (AvgIpc) is 3.66. The van der Waals surface area contributed by atoms with Crippen LogP contribution < -0.4 is 0 Å². The zero-order valence-corrected chi connectivity index (χ0v) is 27.6. The molecular formula is C30H38Br2N2O2S2. The lowest BCUT2D eigenvalue weighted by atomic mass is 9.98. The summed E-state index contributed by atoms with van der Waals surface area (Å²) < 4.78 is 1.95. The lowest BCUT2D eigenvalue weighted by Crippen LogP contribution is -2.34. The quantitative estimate of drug-likeness (QED) is 0.199. The van der Waals surface area contributed by atoms with Crippen molar-refractivity contribution in [3.8, 4) is 0 Å². The Morgan fingerprint density at radius 3 is 1.39 bits per heavy atom. The molecule has 38 heavy (non-hydrogen) atoms. The summed E-state index contributed by atoms with van der Waals surface area (Å²) in [6, 6.07) is 4.10. The third-order valence-corrected chi connectivity index (χ3v) is 11.1. The van der Waals surface area contributed by atoms with Gasteiger partial charge in [-0.05, 0) is 68.7 Å². The highest BCUT2D eigenvalue weighted by molar-refractivity contribution is 9.10. The van der Waals surface area contributed by atoms with E-state index in [2.05, 4.69) is 71.7 Å². The van der Waals surface area contributed by atoms with E-state index in [-0.39, 0.29) is 11.8 Å². The summed E-state index contributed by atoms with van der Waals surface area (Å²) >= 11 is 10.4. The molecule has 0 N–H and O–H groups in total. The molecular weight excluding hydrogens is 644 g/mol. The molecule has 2 unspecified atom stereocenters. The van der Waals surface area contributed by atoms with E-state index in [1.54, 1.807) is 22.7 Å².